The third-order valence-electron chi connectivity index (χ3n) is 3.48. The van der Waals surface area contributed by atoms with E-state index in [-0.39, 0.29) is 0 Å². The van der Waals surface area contributed by atoms with Crippen LogP contribution in [0, 0.1) is 13.8 Å². The summed E-state index contributed by atoms with van der Waals surface area (Å²) in [5.74, 6) is 3.38. The van der Waals surface area contributed by atoms with Crippen molar-refractivity contribution in [2.45, 2.75) is 13.8 Å². The summed E-state index contributed by atoms with van der Waals surface area (Å²) in [6, 6.07) is 3.77. The van der Waals surface area contributed by atoms with Crippen molar-refractivity contribution in [1.82, 2.24) is 19.9 Å². The molecule has 2 aromatic rings. The zero-order valence-corrected chi connectivity index (χ0v) is 12.9. The van der Waals surface area contributed by atoms with Gasteiger partial charge in [-0.05, 0) is 19.9 Å². The van der Waals surface area contributed by atoms with E-state index in [1.165, 1.54) is 0 Å². The Morgan fingerprint density at radius 1 is 0.905 bits per heavy atom. The number of halogens is 1. The second-order valence-electron chi connectivity index (χ2n) is 5.03. The first kappa shape index (κ1) is 14.0. The summed E-state index contributed by atoms with van der Waals surface area (Å²) >= 11 is 6.01. The largest absolute Gasteiger partial charge is 0.353 e. The maximum absolute atomic E-state index is 6.01. The third kappa shape index (κ3) is 3.21. The van der Waals surface area contributed by atoms with E-state index in [9.17, 15) is 0 Å². The summed E-state index contributed by atoms with van der Waals surface area (Å²) < 4.78 is 0. The van der Waals surface area contributed by atoms with Gasteiger partial charge in [0.05, 0.1) is 0 Å². The first-order valence-electron chi connectivity index (χ1n) is 6.92. The summed E-state index contributed by atoms with van der Waals surface area (Å²) in [7, 11) is 0. The fourth-order valence-electron chi connectivity index (χ4n) is 2.46. The molecule has 0 unspecified atom stereocenters. The predicted molar refractivity (Wildman–Crippen MR) is 83.0 cm³/mol. The van der Waals surface area contributed by atoms with Crippen LogP contribution in [0.1, 0.15) is 11.6 Å². The van der Waals surface area contributed by atoms with Crippen molar-refractivity contribution in [1.29, 1.82) is 0 Å². The van der Waals surface area contributed by atoms with Crippen molar-refractivity contribution in [2.75, 3.05) is 36.0 Å². The SMILES string of the molecule is Cc1nccc(N2CCN(c3cc(Cl)nc(C)n3)CC2)n1. The number of rotatable bonds is 2. The Morgan fingerprint density at radius 3 is 2.14 bits per heavy atom. The quantitative estimate of drug-likeness (QED) is 0.789. The molecule has 7 heteroatoms. The molecule has 1 saturated heterocycles. The Labute approximate surface area is 128 Å². The molecule has 2 aromatic heterocycles. The van der Waals surface area contributed by atoms with E-state index in [1.807, 2.05) is 26.0 Å². The van der Waals surface area contributed by atoms with Crippen LogP contribution in [-0.2, 0) is 0 Å². The van der Waals surface area contributed by atoms with Crippen LogP contribution in [0.3, 0.4) is 0 Å². The second-order valence-corrected chi connectivity index (χ2v) is 5.42. The van der Waals surface area contributed by atoms with Crippen molar-refractivity contribution in [3.63, 3.8) is 0 Å². The number of aromatic nitrogens is 4. The van der Waals surface area contributed by atoms with Gasteiger partial charge in [-0.1, -0.05) is 11.6 Å². The molecule has 0 bridgehead atoms. The molecular weight excluding hydrogens is 288 g/mol. The van der Waals surface area contributed by atoms with Gasteiger partial charge in [0.15, 0.2) is 0 Å². The molecule has 110 valence electrons. The van der Waals surface area contributed by atoms with E-state index < -0.39 is 0 Å². The van der Waals surface area contributed by atoms with Crippen LogP contribution >= 0.6 is 11.6 Å². The average Bonchev–Trinajstić information content (AvgIpc) is 2.46. The van der Waals surface area contributed by atoms with Crippen LogP contribution in [-0.4, -0.2) is 46.1 Å². The Balaban J connectivity index is 1.70. The van der Waals surface area contributed by atoms with Gasteiger partial charge in [0.25, 0.3) is 0 Å². The van der Waals surface area contributed by atoms with Crippen LogP contribution < -0.4 is 9.80 Å². The number of nitrogens with zero attached hydrogens (tertiary/aromatic N) is 6. The van der Waals surface area contributed by atoms with E-state index >= 15 is 0 Å². The second kappa shape index (κ2) is 5.81. The smallest absolute Gasteiger partial charge is 0.134 e. The predicted octanol–water partition coefficient (Wildman–Crippen LogP) is 1.86. The summed E-state index contributed by atoms with van der Waals surface area (Å²) in [6.07, 6.45) is 1.80. The summed E-state index contributed by atoms with van der Waals surface area (Å²) in [5.41, 5.74) is 0. The third-order valence-corrected chi connectivity index (χ3v) is 3.68. The zero-order chi connectivity index (χ0) is 14.8. The van der Waals surface area contributed by atoms with Crippen molar-refractivity contribution in [3.05, 3.63) is 35.1 Å². The molecule has 1 aliphatic rings. The lowest BCUT2D eigenvalue weighted by Gasteiger charge is -2.36. The van der Waals surface area contributed by atoms with Gasteiger partial charge in [-0.25, -0.2) is 19.9 Å². The number of aryl methyl sites for hydroxylation is 2. The van der Waals surface area contributed by atoms with Gasteiger partial charge in [0.2, 0.25) is 0 Å². The highest BCUT2D eigenvalue weighted by molar-refractivity contribution is 6.29. The molecule has 3 rings (SSSR count). The molecule has 0 aromatic carbocycles. The van der Waals surface area contributed by atoms with Crippen LogP contribution in [0.2, 0.25) is 5.15 Å². The van der Waals surface area contributed by atoms with Gasteiger partial charge in [-0.3, -0.25) is 0 Å². The fraction of sp³-hybridized carbons (Fsp3) is 0.429. The van der Waals surface area contributed by atoms with Crippen LogP contribution in [0.15, 0.2) is 18.3 Å². The number of anilines is 2. The van der Waals surface area contributed by atoms with Crippen LogP contribution in [0.25, 0.3) is 0 Å². The molecule has 0 spiro atoms. The molecule has 21 heavy (non-hydrogen) atoms. The highest BCUT2D eigenvalue weighted by atomic mass is 35.5. The molecule has 0 amide bonds. The van der Waals surface area contributed by atoms with Gasteiger partial charge >= 0.3 is 0 Å². The lowest BCUT2D eigenvalue weighted by Crippen LogP contribution is -2.47. The topological polar surface area (TPSA) is 58.0 Å². The Morgan fingerprint density at radius 2 is 1.52 bits per heavy atom. The molecule has 1 fully saturated rings. The Kier molecular flexibility index (Phi) is 3.88. The molecule has 0 saturated carbocycles. The molecule has 0 radical (unpaired) electrons. The number of hydrogen-bond donors (Lipinski definition) is 0. The number of hydrogen-bond acceptors (Lipinski definition) is 6. The van der Waals surface area contributed by atoms with Gasteiger partial charge in [-0.15, -0.1) is 0 Å². The number of piperazine rings is 1. The maximum Gasteiger partial charge on any atom is 0.134 e. The molecule has 6 nitrogen and oxygen atoms in total. The zero-order valence-electron chi connectivity index (χ0n) is 12.1. The maximum atomic E-state index is 6.01. The highest BCUT2D eigenvalue weighted by Gasteiger charge is 2.19. The van der Waals surface area contributed by atoms with Crippen molar-refractivity contribution in [3.8, 4) is 0 Å². The first-order valence-corrected chi connectivity index (χ1v) is 7.30. The fourth-order valence-corrected chi connectivity index (χ4v) is 2.68. The molecular formula is C14H17ClN6. The lowest BCUT2D eigenvalue weighted by atomic mass is 10.3. The minimum Gasteiger partial charge on any atom is -0.353 e. The monoisotopic (exact) mass is 304 g/mol. The van der Waals surface area contributed by atoms with Gasteiger partial charge in [0.1, 0.15) is 28.4 Å². The minimum absolute atomic E-state index is 0.492. The van der Waals surface area contributed by atoms with Crippen LogP contribution in [0.4, 0.5) is 11.6 Å². The van der Waals surface area contributed by atoms with E-state index in [0.29, 0.717) is 11.0 Å². The average molecular weight is 305 g/mol. The van der Waals surface area contributed by atoms with Gasteiger partial charge < -0.3 is 9.80 Å². The van der Waals surface area contributed by atoms with Crippen molar-refractivity contribution >= 4 is 23.2 Å². The standard InChI is InChI=1S/C14H17ClN6/c1-10-16-4-3-13(18-10)20-5-7-21(8-6-20)14-9-12(15)17-11(2)19-14/h3-4,9H,5-8H2,1-2H3. The molecule has 0 aliphatic carbocycles. The molecule has 3 heterocycles. The normalized spacial score (nSPS) is 15.4. The minimum atomic E-state index is 0.492. The summed E-state index contributed by atoms with van der Waals surface area (Å²) in [6.45, 7) is 7.33. The van der Waals surface area contributed by atoms with E-state index in [0.717, 1.165) is 43.6 Å². The van der Waals surface area contributed by atoms with Crippen LogP contribution in [0.5, 0.6) is 0 Å². The Bertz CT molecular complexity index is 619. The van der Waals surface area contributed by atoms with Crippen molar-refractivity contribution < 1.29 is 0 Å². The van der Waals surface area contributed by atoms with Gasteiger partial charge in [0, 0.05) is 38.4 Å². The van der Waals surface area contributed by atoms with E-state index in [1.54, 1.807) is 6.20 Å². The van der Waals surface area contributed by atoms with E-state index in [2.05, 4.69) is 29.7 Å². The summed E-state index contributed by atoms with van der Waals surface area (Å²) in [5, 5.41) is 0.492. The lowest BCUT2D eigenvalue weighted by molar-refractivity contribution is 0.638. The highest BCUT2D eigenvalue weighted by Crippen LogP contribution is 2.19. The van der Waals surface area contributed by atoms with Crippen molar-refractivity contribution in [2.24, 2.45) is 0 Å². The first-order chi connectivity index (χ1) is 10.1. The Hall–Kier alpha value is -1.95. The van der Waals surface area contributed by atoms with Gasteiger partial charge in [-0.2, -0.15) is 0 Å². The van der Waals surface area contributed by atoms with E-state index in [4.69, 9.17) is 11.6 Å². The molecule has 0 N–H and O–H groups in total. The molecule has 1 aliphatic heterocycles. The summed E-state index contributed by atoms with van der Waals surface area (Å²) in [4.78, 5) is 21.7. The molecule has 0 atom stereocenters.